The molecule has 1 aromatic rings. The lowest BCUT2D eigenvalue weighted by molar-refractivity contribution is 0.244. The molecule has 0 heterocycles. The maximum absolute atomic E-state index is 11.9. The Kier molecular flexibility index (Phi) is 5.29. The quantitative estimate of drug-likeness (QED) is 0.676. The van der Waals surface area contributed by atoms with E-state index >= 15 is 0 Å². The fraction of sp³-hybridized carbons (Fsp3) is 0.462. The van der Waals surface area contributed by atoms with Crippen LogP contribution in [0, 0.1) is 3.57 Å². The molecule has 0 aliphatic heterocycles. The second-order valence-corrected chi connectivity index (χ2v) is 6.66. The second-order valence-electron chi connectivity index (χ2n) is 4.56. The highest BCUT2D eigenvalue weighted by atomic mass is 127. The SMILES string of the molecule is O=C(Nc1ccc(I)cc1Br)NC1CCCCC1. The van der Waals surface area contributed by atoms with Gasteiger partial charge < -0.3 is 10.6 Å². The number of carbonyl (C=O) groups is 1. The Labute approximate surface area is 129 Å². The Morgan fingerprint density at radius 2 is 2.00 bits per heavy atom. The highest BCUT2D eigenvalue weighted by Crippen LogP contribution is 2.24. The summed E-state index contributed by atoms with van der Waals surface area (Å²) in [7, 11) is 0. The summed E-state index contributed by atoms with van der Waals surface area (Å²) in [5.41, 5.74) is 0.809. The molecule has 5 heteroatoms. The fourth-order valence-corrected chi connectivity index (χ4v) is 3.58. The average molecular weight is 423 g/mol. The minimum atomic E-state index is -0.108. The molecule has 18 heavy (non-hydrogen) atoms. The summed E-state index contributed by atoms with van der Waals surface area (Å²) in [6.07, 6.45) is 5.93. The number of amides is 2. The molecule has 1 saturated carbocycles. The van der Waals surface area contributed by atoms with Crippen LogP contribution in [0.25, 0.3) is 0 Å². The van der Waals surface area contributed by atoms with E-state index in [1.807, 2.05) is 18.2 Å². The Bertz CT molecular complexity index is 433. The van der Waals surface area contributed by atoms with E-state index in [-0.39, 0.29) is 6.03 Å². The van der Waals surface area contributed by atoms with Gasteiger partial charge >= 0.3 is 6.03 Å². The molecular weight excluding hydrogens is 407 g/mol. The molecule has 0 saturated heterocycles. The van der Waals surface area contributed by atoms with Crippen LogP contribution < -0.4 is 10.6 Å². The molecule has 0 unspecified atom stereocenters. The first kappa shape index (κ1) is 14.1. The van der Waals surface area contributed by atoms with E-state index < -0.39 is 0 Å². The molecule has 98 valence electrons. The van der Waals surface area contributed by atoms with Crippen LogP contribution in [0.5, 0.6) is 0 Å². The molecule has 0 aromatic heterocycles. The molecular formula is C13H16BrIN2O. The van der Waals surface area contributed by atoms with Crippen molar-refractivity contribution in [1.29, 1.82) is 0 Å². The van der Waals surface area contributed by atoms with Gasteiger partial charge in [0, 0.05) is 14.1 Å². The summed E-state index contributed by atoms with van der Waals surface area (Å²) in [6.45, 7) is 0. The third-order valence-corrected chi connectivity index (χ3v) is 4.45. The van der Waals surface area contributed by atoms with Gasteiger partial charge in [0.1, 0.15) is 0 Å². The van der Waals surface area contributed by atoms with Gasteiger partial charge in [-0.25, -0.2) is 4.79 Å². The number of carbonyl (C=O) groups excluding carboxylic acids is 1. The predicted octanol–water partition coefficient (Wildman–Crippen LogP) is 4.51. The van der Waals surface area contributed by atoms with Gasteiger partial charge in [0.2, 0.25) is 0 Å². The first-order chi connectivity index (χ1) is 8.65. The molecule has 3 nitrogen and oxygen atoms in total. The van der Waals surface area contributed by atoms with Crippen LogP contribution in [0.2, 0.25) is 0 Å². The minimum Gasteiger partial charge on any atom is -0.335 e. The molecule has 1 aliphatic carbocycles. The van der Waals surface area contributed by atoms with Crippen LogP contribution in [0.4, 0.5) is 10.5 Å². The molecule has 2 rings (SSSR count). The number of anilines is 1. The van der Waals surface area contributed by atoms with Crippen LogP contribution >= 0.6 is 38.5 Å². The predicted molar refractivity (Wildman–Crippen MR) is 85.9 cm³/mol. The molecule has 1 aliphatic rings. The van der Waals surface area contributed by atoms with Crippen molar-refractivity contribution in [1.82, 2.24) is 5.32 Å². The largest absolute Gasteiger partial charge is 0.335 e. The Hall–Kier alpha value is -0.300. The Morgan fingerprint density at radius 1 is 1.28 bits per heavy atom. The van der Waals surface area contributed by atoms with E-state index in [0.29, 0.717) is 6.04 Å². The third kappa shape index (κ3) is 4.12. The van der Waals surface area contributed by atoms with Crippen LogP contribution in [-0.2, 0) is 0 Å². The molecule has 2 amide bonds. The van der Waals surface area contributed by atoms with Crippen LogP contribution in [0.1, 0.15) is 32.1 Å². The number of hydrogen-bond acceptors (Lipinski definition) is 1. The smallest absolute Gasteiger partial charge is 0.319 e. The zero-order valence-electron chi connectivity index (χ0n) is 10.0. The molecule has 0 bridgehead atoms. The standard InChI is InChI=1S/C13H16BrIN2O/c14-11-8-9(15)6-7-12(11)17-13(18)16-10-4-2-1-3-5-10/h6-8,10H,1-5H2,(H2,16,17,18). The van der Waals surface area contributed by atoms with E-state index in [4.69, 9.17) is 0 Å². The average Bonchev–Trinajstić information content (AvgIpc) is 2.34. The normalized spacial score (nSPS) is 16.3. The summed E-state index contributed by atoms with van der Waals surface area (Å²) < 4.78 is 2.05. The van der Waals surface area contributed by atoms with Gasteiger partial charge in [-0.05, 0) is 69.6 Å². The molecule has 1 fully saturated rings. The van der Waals surface area contributed by atoms with Crippen molar-refractivity contribution >= 4 is 50.2 Å². The minimum absolute atomic E-state index is 0.108. The van der Waals surface area contributed by atoms with Gasteiger partial charge in [-0.1, -0.05) is 19.3 Å². The van der Waals surface area contributed by atoms with Crippen molar-refractivity contribution in [2.24, 2.45) is 0 Å². The Morgan fingerprint density at radius 3 is 2.67 bits per heavy atom. The number of benzene rings is 1. The number of rotatable bonds is 2. The van der Waals surface area contributed by atoms with Gasteiger partial charge in [0.25, 0.3) is 0 Å². The van der Waals surface area contributed by atoms with Crippen LogP contribution in [0.3, 0.4) is 0 Å². The monoisotopic (exact) mass is 422 g/mol. The van der Waals surface area contributed by atoms with Gasteiger partial charge in [-0.2, -0.15) is 0 Å². The number of urea groups is 1. The first-order valence-corrected chi connectivity index (χ1v) is 8.05. The maximum Gasteiger partial charge on any atom is 0.319 e. The summed E-state index contributed by atoms with van der Waals surface area (Å²) in [5, 5.41) is 5.92. The summed E-state index contributed by atoms with van der Waals surface area (Å²) in [4.78, 5) is 11.9. The zero-order valence-corrected chi connectivity index (χ0v) is 13.8. The highest BCUT2D eigenvalue weighted by molar-refractivity contribution is 14.1. The number of nitrogens with one attached hydrogen (secondary N) is 2. The summed E-state index contributed by atoms with van der Waals surface area (Å²) in [5.74, 6) is 0. The van der Waals surface area contributed by atoms with Crippen molar-refractivity contribution in [3.8, 4) is 0 Å². The summed E-state index contributed by atoms with van der Waals surface area (Å²) in [6, 6.07) is 6.09. The van der Waals surface area contributed by atoms with E-state index in [0.717, 1.165) is 26.6 Å². The van der Waals surface area contributed by atoms with Gasteiger partial charge in [0.15, 0.2) is 0 Å². The molecule has 0 spiro atoms. The third-order valence-electron chi connectivity index (χ3n) is 3.12. The van der Waals surface area contributed by atoms with Gasteiger partial charge in [-0.3, -0.25) is 0 Å². The van der Waals surface area contributed by atoms with Crippen molar-refractivity contribution in [3.05, 3.63) is 26.2 Å². The number of hydrogen-bond donors (Lipinski definition) is 2. The number of halogens is 2. The van der Waals surface area contributed by atoms with Crippen LogP contribution in [-0.4, -0.2) is 12.1 Å². The lowest BCUT2D eigenvalue weighted by atomic mass is 9.96. The lowest BCUT2D eigenvalue weighted by Gasteiger charge is -2.23. The van der Waals surface area contributed by atoms with Crippen molar-refractivity contribution in [2.45, 2.75) is 38.1 Å². The topological polar surface area (TPSA) is 41.1 Å². The molecule has 1 aromatic carbocycles. The highest BCUT2D eigenvalue weighted by Gasteiger charge is 2.15. The Balaban J connectivity index is 1.90. The van der Waals surface area contributed by atoms with E-state index in [1.54, 1.807) is 0 Å². The first-order valence-electron chi connectivity index (χ1n) is 6.18. The maximum atomic E-state index is 11.9. The van der Waals surface area contributed by atoms with Crippen molar-refractivity contribution < 1.29 is 4.79 Å². The van der Waals surface area contributed by atoms with E-state index in [1.165, 1.54) is 19.3 Å². The van der Waals surface area contributed by atoms with Gasteiger partial charge in [-0.15, -0.1) is 0 Å². The van der Waals surface area contributed by atoms with E-state index in [2.05, 4.69) is 49.2 Å². The molecule has 2 N–H and O–H groups in total. The fourth-order valence-electron chi connectivity index (χ4n) is 2.18. The van der Waals surface area contributed by atoms with Crippen molar-refractivity contribution in [2.75, 3.05) is 5.32 Å². The van der Waals surface area contributed by atoms with Crippen molar-refractivity contribution in [3.63, 3.8) is 0 Å². The molecule has 0 atom stereocenters. The van der Waals surface area contributed by atoms with Crippen LogP contribution in [0.15, 0.2) is 22.7 Å². The zero-order chi connectivity index (χ0) is 13.0. The lowest BCUT2D eigenvalue weighted by Crippen LogP contribution is -2.39. The molecule has 0 radical (unpaired) electrons. The summed E-state index contributed by atoms with van der Waals surface area (Å²) >= 11 is 5.70. The second kappa shape index (κ2) is 6.75. The van der Waals surface area contributed by atoms with Gasteiger partial charge in [0.05, 0.1) is 5.69 Å². The van der Waals surface area contributed by atoms with E-state index in [9.17, 15) is 4.79 Å².